The first kappa shape index (κ1) is 18.7. The third-order valence-corrected chi connectivity index (χ3v) is 5.05. The zero-order valence-electron chi connectivity index (χ0n) is 16.4. The van der Waals surface area contributed by atoms with Crippen molar-refractivity contribution in [3.8, 4) is 16.9 Å². The number of rotatable bonds is 5. The number of fused-ring (bicyclic) bond motifs is 1. The van der Waals surface area contributed by atoms with Gasteiger partial charge in [0.1, 0.15) is 5.82 Å². The Morgan fingerprint density at radius 2 is 1.71 bits per heavy atom. The first-order valence-electron chi connectivity index (χ1n) is 9.80. The third kappa shape index (κ3) is 3.69. The Morgan fingerprint density at radius 3 is 2.52 bits per heavy atom. The highest BCUT2D eigenvalue weighted by atomic mass is 19.1. The van der Waals surface area contributed by atoms with E-state index in [1.165, 1.54) is 12.1 Å². The fraction of sp³-hybridized carbons (Fsp3) is 0.0417. The Labute approximate surface area is 177 Å². The number of para-hydroxylation sites is 2. The molecule has 5 rings (SSSR count). The van der Waals surface area contributed by atoms with Crippen LogP contribution in [0.3, 0.4) is 0 Å². The fourth-order valence-corrected chi connectivity index (χ4v) is 3.50. The fourth-order valence-electron chi connectivity index (χ4n) is 3.50. The van der Waals surface area contributed by atoms with Crippen LogP contribution in [0.1, 0.15) is 16.1 Å². The van der Waals surface area contributed by atoms with Gasteiger partial charge in [-0.2, -0.15) is 10.2 Å². The molecular weight excluding hydrogens is 393 g/mol. The number of nitrogens with one attached hydrogen (secondary N) is 2. The largest absolute Gasteiger partial charge is 0.346 e. The van der Waals surface area contributed by atoms with Crippen molar-refractivity contribution < 1.29 is 9.18 Å². The van der Waals surface area contributed by atoms with Gasteiger partial charge in [-0.1, -0.05) is 36.4 Å². The van der Waals surface area contributed by atoms with Gasteiger partial charge in [-0.05, 0) is 42.5 Å². The molecule has 0 aliphatic rings. The summed E-state index contributed by atoms with van der Waals surface area (Å²) in [6, 6.07) is 23.3. The number of aromatic amines is 1. The highest BCUT2D eigenvalue weighted by Crippen LogP contribution is 2.24. The van der Waals surface area contributed by atoms with Gasteiger partial charge in [-0.15, -0.1) is 0 Å². The summed E-state index contributed by atoms with van der Waals surface area (Å²) >= 11 is 0. The number of halogens is 1. The van der Waals surface area contributed by atoms with E-state index < -0.39 is 0 Å². The van der Waals surface area contributed by atoms with E-state index in [0.717, 1.165) is 27.7 Å². The normalized spacial score (nSPS) is 11.0. The Bertz CT molecular complexity index is 1360. The molecule has 2 heterocycles. The SMILES string of the molecule is O=C(NCc1cn(-c2ccccc2)nc1-c1ccc(F)cc1)c1n[nH]c2ccccc12. The number of H-pyrrole nitrogens is 1. The van der Waals surface area contributed by atoms with Crippen LogP contribution in [-0.2, 0) is 6.54 Å². The molecule has 6 nitrogen and oxygen atoms in total. The molecule has 0 aliphatic carbocycles. The smallest absolute Gasteiger partial charge is 0.272 e. The molecule has 0 bridgehead atoms. The molecule has 0 radical (unpaired) electrons. The zero-order chi connectivity index (χ0) is 21.2. The Balaban J connectivity index is 1.46. The zero-order valence-corrected chi connectivity index (χ0v) is 16.4. The van der Waals surface area contributed by atoms with E-state index in [2.05, 4.69) is 15.5 Å². The summed E-state index contributed by atoms with van der Waals surface area (Å²) in [5.74, 6) is -0.596. The lowest BCUT2D eigenvalue weighted by molar-refractivity contribution is 0.0947. The Morgan fingerprint density at radius 1 is 0.968 bits per heavy atom. The van der Waals surface area contributed by atoms with Crippen molar-refractivity contribution in [3.63, 3.8) is 0 Å². The molecule has 31 heavy (non-hydrogen) atoms. The monoisotopic (exact) mass is 411 g/mol. The predicted molar refractivity (Wildman–Crippen MR) is 116 cm³/mol. The maximum atomic E-state index is 13.4. The number of hydrogen-bond acceptors (Lipinski definition) is 3. The van der Waals surface area contributed by atoms with Crippen molar-refractivity contribution in [3.05, 3.63) is 102 Å². The van der Waals surface area contributed by atoms with E-state index in [1.807, 2.05) is 60.8 Å². The molecule has 2 N–H and O–H groups in total. The number of hydrogen-bond donors (Lipinski definition) is 2. The molecule has 2 aromatic heterocycles. The van der Waals surface area contributed by atoms with Gasteiger partial charge in [0, 0.05) is 29.3 Å². The second-order valence-electron chi connectivity index (χ2n) is 7.09. The van der Waals surface area contributed by atoms with Gasteiger partial charge < -0.3 is 5.32 Å². The summed E-state index contributed by atoms with van der Waals surface area (Å²) in [6.45, 7) is 0.250. The number of carbonyl (C=O) groups excluding carboxylic acids is 1. The topological polar surface area (TPSA) is 75.6 Å². The van der Waals surface area contributed by atoms with Crippen LogP contribution in [0.15, 0.2) is 85.1 Å². The second-order valence-corrected chi connectivity index (χ2v) is 7.09. The molecule has 1 amide bonds. The minimum atomic E-state index is -0.313. The van der Waals surface area contributed by atoms with Gasteiger partial charge in [-0.3, -0.25) is 9.89 Å². The molecule has 0 saturated heterocycles. The molecule has 152 valence electrons. The van der Waals surface area contributed by atoms with Crippen LogP contribution in [0.2, 0.25) is 0 Å². The number of amides is 1. The van der Waals surface area contributed by atoms with Gasteiger partial charge >= 0.3 is 0 Å². The van der Waals surface area contributed by atoms with Gasteiger partial charge in [0.05, 0.1) is 16.9 Å². The van der Waals surface area contributed by atoms with Crippen molar-refractivity contribution in [2.45, 2.75) is 6.54 Å². The van der Waals surface area contributed by atoms with Crippen LogP contribution in [0.5, 0.6) is 0 Å². The quantitative estimate of drug-likeness (QED) is 0.448. The van der Waals surface area contributed by atoms with E-state index in [1.54, 1.807) is 16.8 Å². The summed E-state index contributed by atoms with van der Waals surface area (Å²) in [4.78, 5) is 12.8. The summed E-state index contributed by atoms with van der Waals surface area (Å²) in [6.07, 6.45) is 1.87. The minimum Gasteiger partial charge on any atom is -0.346 e. The van der Waals surface area contributed by atoms with Gasteiger partial charge in [0.25, 0.3) is 5.91 Å². The summed E-state index contributed by atoms with van der Waals surface area (Å²) < 4.78 is 15.2. The number of aromatic nitrogens is 4. The lowest BCUT2D eigenvalue weighted by atomic mass is 10.1. The van der Waals surface area contributed by atoms with Crippen LogP contribution in [0, 0.1) is 5.82 Å². The number of nitrogens with zero attached hydrogens (tertiary/aromatic N) is 3. The summed E-state index contributed by atoms with van der Waals surface area (Å²) in [5, 5.41) is 15.4. The maximum Gasteiger partial charge on any atom is 0.272 e. The molecule has 0 fully saturated rings. The molecule has 7 heteroatoms. The molecular formula is C24H18FN5O. The highest BCUT2D eigenvalue weighted by molar-refractivity contribution is 6.04. The van der Waals surface area contributed by atoms with E-state index in [9.17, 15) is 9.18 Å². The maximum absolute atomic E-state index is 13.4. The van der Waals surface area contributed by atoms with E-state index in [-0.39, 0.29) is 18.3 Å². The molecule has 0 saturated carbocycles. The van der Waals surface area contributed by atoms with Gasteiger partial charge in [0.15, 0.2) is 5.69 Å². The third-order valence-electron chi connectivity index (χ3n) is 5.05. The van der Waals surface area contributed by atoms with E-state index in [0.29, 0.717) is 11.4 Å². The second kappa shape index (κ2) is 7.87. The Kier molecular flexibility index (Phi) is 4.76. The van der Waals surface area contributed by atoms with E-state index in [4.69, 9.17) is 5.10 Å². The van der Waals surface area contributed by atoms with Crippen LogP contribution in [0.4, 0.5) is 4.39 Å². The summed E-state index contributed by atoms with van der Waals surface area (Å²) in [5.41, 5.74) is 4.29. The molecule has 3 aromatic carbocycles. The standard InChI is InChI=1S/C24H18FN5O/c25-18-12-10-16(11-13-18)22-17(15-30(29-22)19-6-2-1-3-7-19)14-26-24(31)23-20-8-4-5-9-21(20)27-28-23/h1-13,15H,14H2,(H,26,31)(H,27,28). The van der Waals surface area contributed by atoms with Crippen LogP contribution in [0.25, 0.3) is 27.8 Å². The van der Waals surface area contributed by atoms with Crippen molar-refractivity contribution in [1.29, 1.82) is 0 Å². The molecule has 0 unspecified atom stereocenters. The average Bonchev–Trinajstić information content (AvgIpc) is 3.43. The van der Waals surface area contributed by atoms with Crippen LogP contribution < -0.4 is 5.32 Å². The number of carbonyl (C=O) groups is 1. The summed E-state index contributed by atoms with van der Waals surface area (Å²) in [7, 11) is 0. The first-order chi connectivity index (χ1) is 15.2. The Hall–Kier alpha value is -4.26. The minimum absolute atomic E-state index is 0.250. The number of benzene rings is 3. The van der Waals surface area contributed by atoms with Crippen molar-refractivity contribution in [1.82, 2.24) is 25.3 Å². The predicted octanol–water partition coefficient (Wildman–Crippen LogP) is 4.48. The molecule has 0 atom stereocenters. The van der Waals surface area contributed by atoms with Crippen molar-refractivity contribution >= 4 is 16.8 Å². The van der Waals surface area contributed by atoms with Gasteiger partial charge in [0.2, 0.25) is 0 Å². The van der Waals surface area contributed by atoms with Crippen molar-refractivity contribution in [2.24, 2.45) is 0 Å². The van der Waals surface area contributed by atoms with Crippen LogP contribution >= 0.6 is 0 Å². The van der Waals surface area contributed by atoms with E-state index >= 15 is 0 Å². The molecule has 0 spiro atoms. The first-order valence-corrected chi connectivity index (χ1v) is 9.80. The average molecular weight is 411 g/mol. The molecule has 5 aromatic rings. The lowest BCUT2D eigenvalue weighted by Gasteiger charge is -2.05. The highest BCUT2D eigenvalue weighted by Gasteiger charge is 2.17. The van der Waals surface area contributed by atoms with Crippen molar-refractivity contribution in [2.75, 3.05) is 0 Å². The lowest BCUT2D eigenvalue weighted by Crippen LogP contribution is -2.23. The molecule has 0 aliphatic heterocycles. The van der Waals surface area contributed by atoms with Gasteiger partial charge in [-0.25, -0.2) is 9.07 Å². The van der Waals surface area contributed by atoms with Crippen LogP contribution in [-0.4, -0.2) is 25.9 Å².